The Kier molecular flexibility index (Phi) is 3.92. The minimum atomic E-state index is -0.162. The summed E-state index contributed by atoms with van der Waals surface area (Å²) in [7, 11) is 0. The van der Waals surface area contributed by atoms with E-state index >= 15 is 0 Å². The first-order valence-corrected chi connectivity index (χ1v) is 4.88. The van der Waals surface area contributed by atoms with Gasteiger partial charge in [0.05, 0.1) is 18.8 Å². The van der Waals surface area contributed by atoms with Crippen LogP contribution in [0.25, 0.3) is 0 Å². The summed E-state index contributed by atoms with van der Waals surface area (Å²) in [6.07, 6.45) is 1.81. The second kappa shape index (κ2) is 5.20. The van der Waals surface area contributed by atoms with Gasteiger partial charge in [-0.25, -0.2) is 0 Å². The molecule has 0 radical (unpaired) electrons. The molecule has 0 bridgehead atoms. The van der Waals surface area contributed by atoms with Crippen molar-refractivity contribution in [1.29, 1.82) is 5.26 Å². The smallest absolute Gasteiger partial charge is 0.289 e. The van der Waals surface area contributed by atoms with Crippen LogP contribution in [0, 0.1) is 11.3 Å². The molecule has 1 rings (SSSR count). The maximum Gasteiger partial charge on any atom is 0.289 e. The molecule has 0 saturated carbocycles. The fourth-order valence-corrected chi connectivity index (χ4v) is 1.31. The summed E-state index contributed by atoms with van der Waals surface area (Å²) < 4.78 is 5.03. The van der Waals surface area contributed by atoms with Gasteiger partial charge in [-0.3, -0.25) is 4.79 Å². The molecule has 80 valence electrons. The van der Waals surface area contributed by atoms with E-state index in [2.05, 4.69) is 0 Å². The van der Waals surface area contributed by atoms with Gasteiger partial charge in [0.25, 0.3) is 5.91 Å². The monoisotopic (exact) mass is 206 g/mol. The molecule has 0 aliphatic rings. The lowest BCUT2D eigenvalue weighted by Crippen LogP contribution is -2.37. The Balaban J connectivity index is 2.73. The van der Waals surface area contributed by atoms with Crippen molar-refractivity contribution in [1.82, 2.24) is 4.90 Å². The van der Waals surface area contributed by atoms with Gasteiger partial charge in [0.2, 0.25) is 0 Å². The SMILES string of the molecule is CC(C)N(CCC#N)C(=O)c1ccco1. The first-order chi connectivity index (χ1) is 7.16. The Bertz CT molecular complexity index is 349. The Morgan fingerprint density at radius 2 is 2.40 bits per heavy atom. The van der Waals surface area contributed by atoms with Crippen molar-refractivity contribution in [2.45, 2.75) is 26.3 Å². The van der Waals surface area contributed by atoms with Crippen LogP contribution in [0.4, 0.5) is 0 Å². The largest absolute Gasteiger partial charge is 0.459 e. The van der Waals surface area contributed by atoms with Gasteiger partial charge in [-0.2, -0.15) is 5.26 Å². The summed E-state index contributed by atoms with van der Waals surface area (Å²) in [5, 5.41) is 8.50. The number of amides is 1. The number of hydrogen-bond acceptors (Lipinski definition) is 3. The number of hydrogen-bond donors (Lipinski definition) is 0. The van der Waals surface area contributed by atoms with E-state index in [0.717, 1.165) is 0 Å². The van der Waals surface area contributed by atoms with Crippen LogP contribution in [-0.4, -0.2) is 23.4 Å². The third kappa shape index (κ3) is 2.84. The van der Waals surface area contributed by atoms with Crippen molar-refractivity contribution in [3.63, 3.8) is 0 Å². The summed E-state index contributed by atoms with van der Waals surface area (Å²) >= 11 is 0. The van der Waals surface area contributed by atoms with Crippen molar-refractivity contribution in [2.24, 2.45) is 0 Å². The molecular formula is C11H14N2O2. The zero-order valence-corrected chi connectivity index (χ0v) is 8.93. The van der Waals surface area contributed by atoms with Crippen molar-refractivity contribution < 1.29 is 9.21 Å². The molecule has 0 unspecified atom stereocenters. The van der Waals surface area contributed by atoms with Crippen LogP contribution in [0.5, 0.6) is 0 Å². The summed E-state index contributed by atoms with van der Waals surface area (Å²) in [5.74, 6) is 0.159. The number of carbonyl (C=O) groups excluding carboxylic acids is 1. The zero-order chi connectivity index (χ0) is 11.3. The second-order valence-electron chi connectivity index (χ2n) is 3.48. The maximum absolute atomic E-state index is 11.9. The number of furan rings is 1. The number of rotatable bonds is 4. The Morgan fingerprint density at radius 3 is 2.87 bits per heavy atom. The highest BCUT2D eigenvalue weighted by molar-refractivity contribution is 5.91. The van der Waals surface area contributed by atoms with Crippen LogP contribution in [0.1, 0.15) is 30.8 Å². The maximum atomic E-state index is 11.9. The van der Waals surface area contributed by atoms with E-state index < -0.39 is 0 Å². The van der Waals surface area contributed by atoms with Gasteiger partial charge in [-0.05, 0) is 26.0 Å². The van der Waals surface area contributed by atoms with Gasteiger partial charge >= 0.3 is 0 Å². The summed E-state index contributed by atoms with van der Waals surface area (Å²) in [6.45, 7) is 4.27. The molecule has 1 amide bonds. The highest BCUT2D eigenvalue weighted by atomic mass is 16.3. The summed E-state index contributed by atoms with van der Waals surface area (Å²) in [4.78, 5) is 13.5. The van der Waals surface area contributed by atoms with Gasteiger partial charge in [0, 0.05) is 12.6 Å². The van der Waals surface area contributed by atoms with Crippen LogP contribution in [0.15, 0.2) is 22.8 Å². The predicted octanol–water partition coefficient (Wildman–Crippen LogP) is 2.04. The van der Waals surface area contributed by atoms with E-state index in [-0.39, 0.29) is 11.9 Å². The van der Waals surface area contributed by atoms with E-state index in [1.807, 2.05) is 19.9 Å². The van der Waals surface area contributed by atoms with E-state index in [1.54, 1.807) is 17.0 Å². The van der Waals surface area contributed by atoms with Crippen molar-refractivity contribution in [2.75, 3.05) is 6.54 Å². The first-order valence-electron chi connectivity index (χ1n) is 4.88. The second-order valence-corrected chi connectivity index (χ2v) is 3.48. The topological polar surface area (TPSA) is 57.2 Å². The summed E-state index contributed by atoms with van der Waals surface area (Å²) in [6, 6.07) is 5.40. The van der Waals surface area contributed by atoms with E-state index in [0.29, 0.717) is 18.7 Å². The van der Waals surface area contributed by atoms with Crippen LogP contribution in [0.2, 0.25) is 0 Å². The lowest BCUT2D eigenvalue weighted by atomic mass is 10.2. The van der Waals surface area contributed by atoms with Gasteiger partial charge in [-0.15, -0.1) is 0 Å². The standard InChI is InChI=1S/C11H14N2O2/c1-9(2)13(7-4-6-12)11(14)10-5-3-8-15-10/h3,5,8-9H,4,7H2,1-2H3. The molecule has 4 heteroatoms. The summed E-state index contributed by atoms with van der Waals surface area (Å²) in [5.41, 5.74) is 0. The minimum absolute atomic E-state index is 0.0657. The highest BCUT2D eigenvalue weighted by Crippen LogP contribution is 2.09. The molecule has 0 aliphatic heterocycles. The molecule has 4 nitrogen and oxygen atoms in total. The van der Waals surface area contributed by atoms with Crippen LogP contribution >= 0.6 is 0 Å². The minimum Gasteiger partial charge on any atom is -0.459 e. The molecule has 0 aromatic carbocycles. The Hall–Kier alpha value is -1.76. The molecule has 0 spiro atoms. The third-order valence-corrected chi connectivity index (χ3v) is 2.08. The molecule has 1 aromatic heterocycles. The molecule has 0 atom stereocenters. The van der Waals surface area contributed by atoms with Crippen LogP contribution in [0.3, 0.4) is 0 Å². The average Bonchev–Trinajstić information content (AvgIpc) is 2.70. The number of nitriles is 1. The fourth-order valence-electron chi connectivity index (χ4n) is 1.31. The normalized spacial score (nSPS) is 10.0. The Morgan fingerprint density at radius 1 is 1.67 bits per heavy atom. The third-order valence-electron chi connectivity index (χ3n) is 2.08. The van der Waals surface area contributed by atoms with E-state index in [1.165, 1.54) is 6.26 Å². The first kappa shape index (κ1) is 11.3. The molecule has 15 heavy (non-hydrogen) atoms. The molecule has 0 N–H and O–H groups in total. The fraction of sp³-hybridized carbons (Fsp3) is 0.455. The molecule has 0 fully saturated rings. The molecule has 1 aromatic rings. The highest BCUT2D eigenvalue weighted by Gasteiger charge is 2.20. The van der Waals surface area contributed by atoms with Crippen LogP contribution < -0.4 is 0 Å². The van der Waals surface area contributed by atoms with Gasteiger partial charge in [0.1, 0.15) is 0 Å². The van der Waals surface area contributed by atoms with E-state index in [9.17, 15) is 4.79 Å². The van der Waals surface area contributed by atoms with Gasteiger partial charge in [0.15, 0.2) is 5.76 Å². The lowest BCUT2D eigenvalue weighted by molar-refractivity contribution is 0.0677. The van der Waals surface area contributed by atoms with Gasteiger partial charge in [-0.1, -0.05) is 0 Å². The predicted molar refractivity (Wildman–Crippen MR) is 55.1 cm³/mol. The van der Waals surface area contributed by atoms with Crippen LogP contribution in [-0.2, 0) is 0 Å². The number of nitrogens with zero attached hydrogens (tertiary/aromatic N) is 2. The average molecular weight is 206 g/mol. The molecular weight excluding hydrogens is 192 g/mol. The molecule has 0 aliphatic carbocycles. The van der Waals surface area contributed by atoms with Crippen molar-refractivity contribution in [3.05, 3.63) is 24.2 Å². The molecule has 1 heterocycles. The molecule has 0 saturated heterocycles. The number of carbonyl (C=O) groups is 1. The zero-order valence-electron chi connectivity index (χ0n) is 8.93. The lowest BCUT2D eigenvalue weighted by Gasteiger charge is -2.24. The Labute approximate surface area is 89.1 Å². The van der Waals surface area contributed by atoms with Crippen molar-refractivity contribution >= 4 is 5.91 Å². The van der Waals surface area contributed by atoms with E-state index in [4.69, 9.17) is 9.68 Å². The van der Waals surface area contributed by atoms with Gasteiger partial charge < -0.3 is 9.32 Å². The quantitative estimate of drug-likeness (QED) is 0.757. The van der Waals surface area contributed by atoms with Crippen molar-refractivity contribution in [3.8, 4) is 6.07 Å².